The first kappa shape index (κ1) is 17.9. The first-order valence-corrected chi connectivity index (χ1v) is 8.88. The Labute approximate surface area is 155 Å². The van der Waals surface area contributed by atoms with E-state index in [2.05, 4.69) is 0 Å². The maximum Gasteiger partial charge on any atom is 0.209 e. The number of hydrogen-bond donors (Lipinski definition) is 2. The standard InChI is InChI=1S/C20H19NO4S/c1-13-18(26-14(2)22)20(24)21(19(13)23)12-15-8-10-17(11-9-15)25-16-6-4-3-5-7-16/h3-11,23-24H,12H2,1-2H3. The summed E-state index contributed by atoms with van der Waals surface area (Å²) in [6, 6.07) is 16.9. The first-order chi connectivity index (χ1) is 12.5. The van der Waals surface area contributed by atoms with Gasteiger partial charge in [-0.3, -0.25) is 9.36 Å². The fraction of sp³-hybridized carbons (Fsp3) is 0.150. The van der Waals surface area contributed by atoms with Gasteiger partial charge in [-0.15, -0.1) is 0 Å². The molecule has 0 aliphatic heterocycles. The number of nitrogens with zero attached hydrogens (tertiary/aromatic N) is 1. The largest absolute Gasteiger partial charge is 0.494 e. The molecule has 3 rings (SSSR count). The van der Waals surface area contributed by atoms with Crippen molar-refractivity contribution < 1.29 is 19.7 Å². The Bertz CT molecular complexity index is 917. The van der Waals surface area contributed by atoms with Crippen LogP contribution in [0.3, 0.4) is 0 Å². The SMILES string of the molecule is CC(=O)Sc1c(C)c(O)n(Cc2ccc(Oc3ccccc3)cc2)c1O. The number of aromatic nitrogens is 1. The third-order valence-electron chi connectivity index (χ3n) is 3.88. The summed E-state index contributed by atoms with van der Waals surface area (Å²) in [4.78, 5) is 11.7. The molecule has 1 heterocycles. The fourth-order valence-electron chi connectivity index (χ4n) is 2.58. The van der Waals surface area contributed by atoms with Gasteiger partial charge in [-0.25, -0.2) is 0 Å². The fourth-order valence-corrected chi connectivity index (χ4v) is 3.31. The maximum absolute atomic E-state index is 11.3. The van der Waals surface area contributed by atoms with Crippen molar-refractivity contribution >= 4 is 16.9 Å². The van der Waals surface area contributed by atoms with Crippen molar-refractivity contribution in [2.75, 3.05) is 0 Å². The molecule has 0 radical (unpaired) electrons. The van der Waals surface area contributed by atoms with Crippen molar-refractivity contribution in [2.24, 2.45) is 0 Å². The summed E-state index contributed by atoms with van der Waals surface area (Å²) in [6.07, 6.45) is 0. The summed E-state index contributed by atoms with van der Waals surface area (Å²) < 4.78 is 7.13. The van der Waals surface area contributed by atoms with Crippen molar-refractivity contribution in [1.82, 2.24) is 4.57 Å². The van der Waals surface area contributed by atoms with E-state index in [1.807, 2.05) is 54.6 Å². The first-order valence-electron chi connectivity index (χ1n) is 8.07. The molecular formula is C20H19NO4S. The second kappa shape index (κ2) is 7.58. The molecule has 0 aliphatic carbocycles. The Morgan fingerprint density at radius 1 is 1.00 bits per heavy atom. The Morgan fingerprint density at radius 2 is 1.62 bits per heavy atom. The van der Waals surface area contributed by atoms with Gasteiger partial charge in [-0.1, -0.05) is 30.3 Å². The molecule has 0 saturated carbocycles. The Hall–Kier alpha value is -2.86. The molecule has 3 aromatic rings. The predicted octanol–water partition coefficient (Wildman–Crippen LogP) is 4.69. The zero-order chi connectivity index (χ0) is 18.7. The topological polar surface area (TPSA) is 71.7 Å². The maximum atomic E-state index is 11.3. The van der Waals surface area contributed by atoms with E-state index in [0.717, 1.165) is 23.1 Å². The lowest BCUT2D eigenvalue weighted by molar-refractivity contribution is -0.109. The number of benzene rings is 2. The van der Waals surface area contributed by atoms with Crippen LogP contribution < -0.4 is 4.74 Å². The number of ether oxygens (including phenoxy) is 1. The molecule has 2 aromatic carbocycles. The number of carbonyl (C=O) groups excluding carboxylic acids is 1. The third-order valence-corrected chi connectivity index (χ3v) is 4.86. The molecule has 0 amide bonds. The van der Waals surface area contributed by atoms with Crippen molar-refractivity contribution in [2.45, 2.75) is 25.3 Å². The van der Waals surface area contributed by atoms with E-state index in [4.69, 9.17) is 4.74 Å². The average Bonchev–Trinajstić information content (AvgIpc) is 2.82. The molecule has 0 atom stereocenters. The molecule has 0 spiro atoms. The Balaban J connectivity index is 1.78. The minimum absolute atomic E-state index is 0.0455. The van der Waals surface area contributed by atoms with E-state index >= 15 is 0 Å². The average molecular weight is 369 g/mol. The lowest BCUT2D eigenvalue weighted by atomic mass is 10.2. The van der Waals surface area contributed by atoms with Gasteiger partial charge in [0, 0.05) is 12.5 Å². The van der Waals surface area contributed by atoms with Crippen molar-refractivity contribution in [3.63, 3.8) is 0 Å². The highest BCUT2D eigenvalue weighted by atomic mass is 32.2. The van der Waals surface area contributed by atoms with Gasteiger partial charge in [0.25, 0.3) is 0 Å². The molecule has 6 heteroatoms. The normalized spacial score (nSPS) is 10.7. The van der Waals surface area contributed by atoms with Gasteiger partial charge >= 0.3 is 0 Å². The van der Waals surface area contributed by atoms with E-state index in [0.29, 0.717) is 16.2 Å². The van der Waals surface area contributed by atoms with Crippen LogP contribution in [0.5, 0.6) is 23.3 Å². The van der Waals surface area contributed by atoms with Crippen LogP contribution in [0, 0.1) is 6.92 Å². The highest BCUT2D eigenvalue weighted by molar-refractivity contribution is 8.13. The molecule has 0 fully saturated rings. The molecule has 2 N–H and O–H groups in total. The van der Waals surface area contributed by atoms with Crippen LogP contribution in [0.1, 0.15) is 18.1 Å². The van der Waals surface area contributed by atoms with Gasteiger partial charge in [-0.2, -0.15) is 0 Å². The summed E-state index contributed by atoms with van der Waals surface area (Å²) in [5.41, 5.74) is 1.37. The highest BCUT2D eigenvalue weighted by Crippen LogP contribution is 2.40. The van der Waals surface area contributed by atoms with E-state index in [-0.39, 0.29) is 23.4 Å². The molecule has 134 valence electrons. The lowest BCUT2D eigenvalue weighted by Gasteiger charge is -2.09. The van der Waals surface area contributed by atoms with Crippen LogP contribution in [0.25, 0.3) is 0 Å². The van der Waals surface area contributed by atoms with Gasteiger partial charge in [0.2, 0.25) is 5.88 Å². The van der Waals surface area contributed by atoms with Crippen LogP contribution in [0.4, 0.5) is 0 Å². The number of hydrogen-bond acceptors (Lipinski definition) is 5. The zero-order valence-corrected chi connectivity index (χ0v) is 15.3. The number of rotatable bonds is 5. The number of thioether (sulfide) groups is 1. The van der Waals surface area contributed by atoms with E-state index < -0.39 is 0 Å². The Kier molecular flexibility index (Phi) is 5.23. The van der Waals surface area contributed by atoms with Crippen molar-refractivity contribution in [1.29, 1.82) is 0 Å². The number of aromatic hydroxyl groups is 2. The van der Waals surface area contributed by atoms with Crippen molar-refractivity contribution in [3.8, 4) is 23.3 Å². The van der Waals surface area contributed by atoms with Gasteiger partial charge in [0.15, 0.2) is 11.0 Å². The molecule has 0 bridgehead atoms. The summed E-state index contributed by atoms with van der Waals surface area (Å²) in [5, 5.41) is 20.5. The predicted molar refractivity (Wildman–Crippen MR) is 101 cm³/mol. The highest BCUT2D eigenvalue weighted by Gasteiger charge is 2.21. The van der Waals surface area contributed by atoms with Crippen molar-refractivity contribution in [3.05, 3.63) is 65.7 Å². The second-order valence-electron chi connectivity index (χ2n) is 5.84. The molecule has 5 nitrogen and oxygen atoms in total. The lowest BCUT2D eigenvalue weighted by Crippen LogP contribution is -1.98. The molecule has 0 saturated heterocycles. The quantitative estimate of drug-likeness (QED) is 0.639. The van der Waals surface area contributed by atoms with Gasteiger partial charge < -0.3 is 14.9 Å². The third kappa shape index (κ3) is 3.86. The molecular weight excluding hydrogens is 350 g/mol. The minimum atomic E-state index is -0.150. The Morgan fingerprint density at radius 3 is 2.23 bits per heavy atom. The molecule has 1 aromatic heterocycles. The monoisotopic (exact) mass is 369 g/mol. The smallest absolute Gasteiger partial charge is 0.209 e. The van der Waals surface area contributed by atoms with Crippen LogP contribution in [-0.2, 0) is 11.3 Å². The summed E-state index contributed by atoms with van der Waals surface area (Å²) in [5.74, 6) is 1.30. The zero-order valence-electron chi connectivity index (χ0n) is 14.5. The molecule has 0 unspecified atom stereocenters. The van der Waals surface area contributed by atoms with Crippen LogP contribution >= 0.6 is 11.8 Å². The summed E-state index contributed by atoms with van der Waals surface area (Å²) in [6.45, 7) is 3.37. The van der Waals surface area contributed by atoms with E-state index in [1.165, 1.54) is 11.5 Å². The van der Waals surface area contributed by atoms with Crippen LogP contribution in [0.15, 0.2) is 59.5 Å². The van der Waals surface area contributed by atoms with E-state index in [1.54, 1.807) is 6.92 Å². The van der Waals surface area contributed by atoms with Gasteiger partial charge in [0.05, 0.1) is 11.4 Å². The van der Waals surface area contributed by atoms with Crippen LogP contribution in [-0.4, -0.2) is 19.9 Å². The molecule has 26 heavy (non-hydrogen) atoms. The van der Waals surface area contributed by atoms with E-state index in [9.17, 15) is 15.0 Å². The van der Waals surface area contributed by atoms with Gasteiger partial charge in [0.1, 0.15) is 11.5 Å². The van der Waals surface area contributed by atoms with Crippen LogP contribution in [0.2, 0.25) is 0 Å². The summed E-state index contributed by atoms with van der Waals surface area (Å²) in [7, 11) is 0. The van der Waals surface area contributed by atoms with Gasteiger partial charge in [-0.05, 0) is 48.5 Å². The number of carbonyl (C=O) groups is 1. The minimum Gasteiger partial charge on any atom is -0.494 e. The summed E-state index contributed by atoms with van der Waals surface area (Å²) >= 11 is 0.911. The number of para-hydroxylation sites is 1. The second-order valence-corrected chi connectivity index (χ2v) is 7.03. The molecule has 0 aliphatic rings.